The first-order valence-corrected chi connectivity index (χ1v) is 5.41. The molecule has 0 unspecified atom stereocenters. The fraction of sp³-hybridized carbons (Fsp3) is 0.500. The van der Waals surface area contributed by atoms with Crippen LogP contribution in [0.15, 0.2) is 23.9 Å². The van der Waals surface area contributed by atoms with Crippen molar-refractivity contribution in [2.45, 2.75) is 13.8 Å². The largest absolute Gasteiger partial charge is 0.463 e. The van der Waals surface area contributed by atoms with Crippen LogP contribution >= 0.6 is 0 Å². The molecule has 0 fully saturated rings. The molecule has 5 heteroatoms. The van der Waals surface area contributed by atoms with E-state index < -0.39 is 11.9 Å². The van der Waals surface area contributed by atoms with Gasteiger partial charge in [0, 0.05) is 26.4 Å². The van der Waals surface area contributed by atoms with Gasteiger partial charge in [0.1, 0.15) is 0 Å². The maximum atomic E-state index is 11.5. The van der Waals surface area contributed by atoms with Crippen LogP contribution < -0.4 is 0 Å². The van der Waals surface area contributed by atoms with Gasteiger partial charge >= 0.3 is 11.9 Å². The quantitative estimate of drug-likeness (QED) is 0.396. The van der Waals surface area contributed by atoms with Gasteiger partial charge in [-0.1, -0.05) is 0 Å². The average molecular weight is 241 g/mol. The summed E-state index contributed by atoms with van der Waals surface area (Å²) in [4.78, 5) is 24.3. The third-order valence-electron chi connectivity index (χ3n) is 1.59. The minimum atomic E-state index is -0.485. The molecule has 0 aliphatic carbocycles. The summed E-state index contributed by atoms with van der Waals surface area (Å²) in [5, 5.41) is 0. The SMILES string of the molecule is CCOC(=O)/C=C/C(=C/N(C)C)C(=O)OCC. The highest BCUT2D eigenvalue weighted by Crippen LogP contribution is 2.02. The molecule has 96 valence electrons. The third kappa shape index (κ3) is 7.16. The maximum absolute atomic E-state index is 11.5. The number of carbonyl (C=O) groups excluding carboxylic acids is 2. The Balaban J connectivity index is 4.72. The van der Waals surface area contributed by atoms with Crippen LogP contribution in [0, 0.1) is 0 Å². The van der Waals surface area contributed by atoms with Crippen molar-refractivity contribution in [3.63, 3.8) is 0 Å². The molecule has 0 saturated carbocycles. The Morgan fingerprint density at radius 2 is 1.65 bits per heavy atom. The fourth-order valence-electron chi connectivity index (χ4n) is 1.00. The van der Waals surface area contributed by atoms with Crippen molar-refractivity contribution in [1.29, 1.82) is 0 Å². The molecular weight excluding hydrogens is 222 g/mol. The van der Waals surface area contributed by atoms with Crippen molar-refractivity contribution < 1.29 is 19.1 Å². The first-order valence-electron chi connectivity index (χ1n) is 5.41. The van der Waals surface area contributed by atoms with Crippen molar-refractivity contribution >= 4 is 11.9 Å². The van der Waals surface area contributed by atoms with Gasteiger partial charge in [-0.15, -0.1) is 0 Å². The first kappa shape index (κ1) is 15.2. The fourth-order valence-corrected chi connectivity index (χ4v) is 1.00. The molecule has 0 rings (SSSR count). The number of esters is 2. The normalized spacial score (nSPS) is 11.4. The van der Waals surface area contributed by atoms with Crippen LogP contribution in [0.3, 0.4) is 0 Å². The number of rotatable bonds is 6. The maximum Gasteiger partial charge on any atom is 0.339 e. The number of nitrogens with zero attached hydrogens (tertiary/aromatic N) is 1. The van der Waals surface area contributed by atoms with Crippen molar-refractivity contribution in [3.8, 4) is 0 Å². The number of hydrogen-bond donors (Lipinski definition) is 0. The Bertz CT molecular complexity index is 318. The van der Waals surface area contributed by atoms with Crippen LogP contribution in [0.25, 0.3) is 0 Å². The topological polar surface area (TPSA) is 55.8 Å². The van der Waals surface area contributed by atoms with E-state index in [-0.39, 0.29) is 6.61 Å². The second-order valence-corrected chi connectivity index (χ2v) is 3.35. The van der Waals surface area contributed by atoms with Crippen molar-refractivity contribution in [3.05, 3.63) is 23.9 Å². The van der Waals surface area contributed by atoms with Crippen LogP contribution in [0.2, 0.25) is 0 Å². The summed E-state index contributed by atoms with van der Waals surface area (Å²) in [7, 11) is 3.55. The van der Waals surface area contributed by atoms with Crippen LogP contribution in [0.4, 0.5) is 0 Å². The lowest BCUT2D eigenvalue weighted by Crippen LogP contribution is -2.11. The molecule has 0 aliphatic rings. The third-order valence-corrected chi connectivity index (χ3v) is 1.59. The second kappa shape index (κ2) is 8.38. The van der Waals surface area contributed by atoms with E-state index in [0.717, 1.165) is 0 Å². The Kier molecular flexibility index (Phi) is 7.50. The molecule has 0 radical (unpaired) electrons. The van der Waals surface area contributed by atoms with Gasteiger partial charge in [0.05, 0.1) is 18.8 Å². The Labute approximate surface area is 102 Å². The molecule has 5 nitrogen and oxygen atoms in total. The second-order valence-electron chi connectivity index (χ2n) is 3.35. The molecule has 0 saturated heterocycles. The zero-order chi connectivity index (χ0) is 13.3. The van der Waals surface area contributed by atoms with Crippen LogP contribution in [-0.2, 0) is 19.1 Å². The highest BCUT2D eigenvalue weighted by atomic mass is 16.5. The molecule has 0 aromatic carbocycles. The van der Waals surface area contributed by atoms with Crippen molar-refractivity contribution in [1.82, 2.24) is 4.90 Å². The highest BCUT2D eigenvalue weighted by molar-refractivity contribution is 5.93. The van der Waals surface area contributed by atoms with Gasteiger partial charge in [0.2, 0.25) is 0 Å². The zero-order valence-corrected chi connectivity index (χ0v) is 10.7. The number of ether oxygens (including phenoxy) is 2. The van der Waals surface area contributed by atoms with Crippen LogP contribution in [-0.4, -0.2) is 44.1 Å². The summed E-state index contributed by atoms with van der Waals surface area (Å²) in [6.45, 7) is 4.03. The van der Waals surface area contributed by atoms with Gasteiger partial charge in [-0.3, -0.25) is 0 Å². The van der Waals surface area contributed by atoms with E-state index in [1.807, 2.05) is 0 Å². The molecule has 0 aliphatic heterocycles. The smallest absolute Gasteiger partial charge is 0.339 e. The summed E-state index contributed by atoms with van der Waals surface area (Å²) >= 11 is 0. The molecular formula is C12H19NO4. The molecule has 0 aromatic rings. The van der Waals surface area contributed by atoms with Gasteiger partial charge in [-0.25, -0.2) is 9.59 Å². The minimum Gasteiger partial charge on any atom is -0.463 e. The van der Waals surface area contributed by atoms with Gasteiger partial charge in [-0.05, 0) is 19.9 Å². The van der Waals surface area contributed by atoms with Gasteiger partial charge in [-0.2, -0.15) is 0 Å². The lowest BCUT2D eigenvalue weighted by atomic mass is 10.2. The number of hydrogen-bond acceptors (Lipinski definition) is 5. The standard InChI is InChI=1S/C12H19NO4/c1-5-16-11(14)8-7-10(9-13(3)4)12(15)17-6-2/h7-9H,5-6H2,1-4H3/b8-7+,10-9-. The monoisotopic (exact) mass is 241 g/mol. The van der Waals surface area contributed by atoms with E-state index in [1.54, 1.807) is 39.0 Å². The van der Waals surface area contributed by atoms with E-state index in [1.165, 1.54) is 12.2 Å². The van der Waals surface area contributed by atoms with E-state index in [2.05, 4.69) is 0 Å². The summed E-state index contributed by atoms with van der Waals surface area (Å²) in [6, 6.07) is 0. The summed E-state index contributed by atoms with van der Waals surface area (Å²) in [5.41, 5.74) is 0.296. The zero-order valence-electron chi connectivity index (χ0n) is 10.7. The van der Waals surface area contributed by atoms with E-state index in [9.17, 15) is 9.59 Å². The minimum absolute atomic E-state index is 0.289. The first-order chi connectivity index (χ1) is 8.01. The molecule has 0 spiro atoms. The van der Waals surface area contributed by atoms with E-state index in [4.69, 9.17) is 9.47 Å². The molecule has 0 amide bonds. The predicted molar refractivity (Wildman–Crippen MR) is 64.2 cm³/mol. The summed E-state index contributed by atoms with van der Waals surface area (Å²) in [5.74, 6) is -0.955. The molecule has 0 N–H and O–H groups in total. The Morgan fingerprint density at radius 1 is 1.06 bits per heavy atom. The molecule has 0 atom stereocenters. The molecule has 17 heavy (non-hydrogen) atoms. The Morgan fingerprint density at radius 3 is 2.12 bits per heavy atom. The van der Waals surface area contributed by atoms with Gasteiger partial charge in [0.25, 0.3) is 0 Å². The van der Waals surface area contributed by atoms with Crippen LogP contribution in [0.1, 0.15) is 13.8 Å². The van der Waals surface area contributed by atoms with Gasteiger partial charge < -0.3 is 14.4 Å². The number of carbonyl (C=O) groups is 2. The van der Waals surface area contributed by atoms with Crippen molar-refractivity contribution in [2.24, 2.45) is 0 Å². The molecule has 0 bridgehead atoms. The van der Waals surface area contributed by atoms with E-state index >= 15 is 0 Å². The highest BCUT2D eigenvalue weighted by Gasteiger charge is 2.08. The van der Waals surface area contributed by atoms with Crippen LogP contribution in [0.5, 0.6) is 0 Å². The summed E-state index contributed by atoms with van der Waals surface area (Å²) in [6.07, 6.45) is 4.17. The van der Waals surface area contributed by atoms with Gasteiger partial charge in [0.15, 0.2) is 0 Å². The van der Waals surface area contributed by atoms with Crippen molar-refractivity contribution in [2.75, 3.05) is 27.3 Å². The Hall–Kier alpha value is -1.78. The lowest BCUT2D eigenvalue weighted by molar-refractivity contribution is -0.138. The molecule has 0 heterocycles. The lowest BCUT2D eigenvalue weighted by Gasteiger charge is -2.08. The summed E-state index contributed by atoms with van der Waals surface area (Å²) < 4.78 is 9.58. The molecule has 0 aromatic heterocycles. The average Bonchev–Trinajstić information content (AvgIpc) is 2.24. The predicted octanol–water partition coefficient (Wildman–Crippen LogP) is 1.11. The van der Waals surface area contributed by atoms with E-state index in [0.29, 0.717) is 12.2 Å².